The molecule has 0 bridgehead atoms. The van der Waals surface area contributed by atoms with Gasteiger partial charge in [0.05, 0.1) is 13.2 Å². The van der Waals surface area contributed by atoms with Crippen LogP contribution in [0.15, 0.2) is 42.5 Å². The molecule has 0 spiro atoms. The van der Waals surface area contributed by atoms with Crippen LogP contribution in [0.25, 0.3) is 0 Å². The average Bonchev–Trinajstić information content (AvgIpc) is 2.68. The molecular weight excluding hydrogens is 352 g/mol. The van der Waals surface area contributed by atoms with Crippen molar-refractivity contribution in [1.82, 2.24) is 4.90 Å². The van der Waals surface area contributed by atoms with Crippen LogP contribution in [0.3, 0.4) is 0 Å². The molecule has 0 unspecified atom stereocenters. The molecule has 0 aromatic heterocycles. The maximum atomic E-state index is 12.6. The molecule has 0 aliphatic rings. The van der Waals surface area contributed by atoms with E-state index in [9.17, 15) is 9.59 Å². The Morgan fingerprint density at radius 3 is 2.43 bits per heavy atom. The molecule has 1 N–H and O–H groups in total. The van der Waals surface area contributed by atoms with Gasteiger partial charge in [0.2, 0.25) is 5.91 Å². The summed E-state index contributed by atoms with van der Waals surface area (Å²) in [6.07, 6.45) is 3.32. The Bertz CT molecular complexity index is 800. The van der Waals surface area contributed by atoms with Crippen LogP contribution in [0.1, 0.15) is 47.7 Å². The van der Waals surface area contributed by atoms with Crippen molar-refractivity contribution < 1.29 is 14.3 Å². The van der Waals surface area contributed by atoms with Crippen molar-refractivity contribution in [2.45, 2.75) is 40.0 Å². The highest BCUT2D eigenvalue weighted by atomic mass is 16.5. The van der Waals surface area contributed by atoms with Gasteiger partial charge in [0.1, 0.15) is 5.75 Å². The fraction of sp³-hybridized carbons (Fsp3) is 0.391. The van der Waals surface area contributed by atoms with Gasteiger partial charge in [0, 0.05) is 18.3 Å². The van der Waals surface area contributed by atoms with Gasteiger partial charge in [-0.1, -0.05) is 31.9 Å². The van der Waals surface area contributed by atoms with Crippen molar-refractivity contribution in [2.75, 3.05) is 25.5 Å². The van der Waals surface area contributed by atoms with E-state index in [4.69, 9.17) is 4.74 Å². The summed E-state index contributed by atoms with van der Waals surface area (Å²) < 4.78 is 5.67. The lowest BCUT2D eigenvalue weighted by molar-refractivity contribution is -0.116. The number of unbranched alkanes of at least 4 members (excludes halogenated alkanes) is 2. The number of ether oxygens (including phenoxy) is 1. The Labute approximate surface area is 167 Å². The number of benzene rings is 2. The molecule has 0 heterocycles. The summed E-state index contributed by atoms with van der Waals surface area (Å²) in [7, 11) is 1.63. The molecule has 2 amide bonds. The van der Waals surface area contributed by atoms with Crippen molar-refractivity contribution in [3.05, 3.63) is 59.2 Å². The number of likely N-dealkylation sites (N-methyl/N-ethyl adjacent to an activating group) is 1. The number of aryl methyl sites for hydroxylation is 2. The number of nitrogens with one attached hydrogen (secondary N) is 1. The topological polar surface area (TPSA) is 58.6 Å². The van der Waals surface area contributed by atoms with Crippen molar-refractivity contribution in [2.24, 2.45) is 0 Å². The van der Waals surface area contributed by atoms with Crippen molar-refractivity contribution >= 4 is 17.5 Å². The van der Waals surface area contributed by atoms with Crippen LogP contribution in [0.5, 0.6) is 5.75 Å². The van der Waals surface area contributed by atoms with Gasteiger partial charge in [-0.05, 0) is 61.7 Å². The number of anilines is 1. The van der Waals surface area contributed by atoms with Crippen molar-refractivity contribution in [3.8, 4) is 5.75 Å². The van der Waals surface area contributed by atoms with E-state index in [1.54, 1.807) is 31.3 Å². The standard InChI is InChI=1S/C23H30N2O3/c1-5-6-7-14-28-20-12-10-19(11-13-20)23(27)25(4)16-22(26)24-21-15-17(2)8-9-18(21)3/h8-13,15H,5-7,14,16H2,1-4H3,(H,24,26). The van der Waals surface area contributed by atoms with Gasteiger partial charge in [0.15, 0.2) is 0 Å². The molecule has 2 rings (SSSR count). The van der Waals surface area contributed by atoms with Crippen molar-refractivity contribution in [1.29, 1.82) is 0 Å². The summed E-state index contributed by atoms with van der Waals surface area (Å²) in [5.41, 5.74) is 3.36. The molecule has 28 heavy (non-hydrogen) atoms. The minimum Gasteiger partial charge on any atom is -0.494 e. The zero-order chi connectivity index (χ0) is 20.5. The van der Waals surface area contributed by atoms with Crippen LogP contribution >= 0.6 is 0 Å². The first-order chi connectivity index (χ1) is 13.4. The highest BCUT2D eigenvalue weighted by Gasteiger charge is 2.15. The summed E-state index contributed by atoms with van der Waals surface area (Å²) in [5, 5.41) is 2.88. The smallest absolute Gasteiger partial charge is 0.254 e. The minimum atomic E-state index is -0.222. The second-order valence-corrected chi connectivity index (χ2v) is 7.11. The Kier molecular flexibility index (Phi) is 8.05. The second kappa shape index (κ2) is 10.5. The fourth-order valence-electron chi connectivity index (χ4n) is 2.80. The van der Waals surface area contributed by atoms with Crippen LogP contribution in [0, 0.1) is 13.8 Å². The van der Waals surface area contributed by atoms with Gasteiger partial charge in [-0.3, -0.25) is 9.59 Å². The third-order valence-electron chi connectivity index (χ3n) is 4.51. The van der Waals surface area contributed by atoms with Crippen LogP contribution in [-0.4, -0.2) is 36.9 Å². The van der Waals surface area contributed by atoms with E-state index in [1.807, 2.05) is 32.0 Å². The molecule has 2 aromatic carbocycles. The Balaban J connectivity index is 1.89. The third kappa shape index (κ3) is 6.41. The van der Waals surface area contributed by atoms with Crippen LogP contribution in [-0.2, 0) is 4.79 Å². The van der Waals surface area contributed by atoms with Gasteiger partial charge in [-0.15, -0.1) is 0 Å². The van der Waals surface area contributed by atoms with E-state index in [0.29, 0.717) is 12.2 Å². The number of rotatable bonds is 9. The van der Waals surface area contributed by atoms with Crippen LogP contribution in [0.2, 0.25) is 0 Å². The molecule has 0 aliphatic heterocycles. The lowest BCUT2D eigenvalue weighted by Gasteiger charge is -2.18. The molecule has 0 saturated carbocycles. The lowest BCUT2D eigenvalue weighted by Crippen LogP contribution is -2.35. The molecule has 150 valence electrons. The predicted molar refractivity (Wildman–Crippen MR) is 113 cm³/mol. The van der Waals surface area contributed by atoms with Crippen LogP contribution in [0.4, 0.5) is 5.69 Å². The fourth-order valence-corrected chi connectivity index (χ4v) is 2.80. The van der Waals surface area contributed by atoms with Gasteiger partial charge in [-0.2, -0.15) is 0 Å². The van der Waals surface area contributed by atoms with E-state index in [0.717, 1.165) is 41.8 Å². The average molecular weight is 383 g/mol. The van der Waals surface area contributed by atoms with E-state index in [-0.39, 0.29) is 18.4 Å². The quantitative estimate of drug-likeness (QED) is 0.646. The summed E-state index contributed by atoms with van der Waals surface area (Å²) in [4.78, 5) is 26.3. The summed E-state index contributed by atoms with van der Waals surface area (Å²) in [5.74, 6) is 0.331. The molecule has 0 atom stereocenters. The summed E-state index contributed by atoms with van der Waals surface area (Å²) in [6, 6.07) is 12.9. The molecule has 0 saturated heterocycles. The van der Waals surface area contributed by atoms with E-state index >= 15 is 0 Å². The zero-order valence-electron chi connectivity index (χ0n) is 17.2. The maximum Gasteiger partial charge on any atom is 0.254 e. The van der Waals surface area contributed by atoms with Crippen LogP contribution < -0.4 is 10.1 Å². The van der Waals surface area contributed by atoms with Gasteiger partial charge >= 0.3 is 0 Å². The summed E-state index contributed by atoms with van der Waals surface area (Å²) in [6.45, 7) is 6.73. The lowest BCUT2D eigenvalue weighted by atomic mass is 10.1. The van der Waals surface area contributed by atoms with Gasteiger partial charge in [0.25, 0.3) is 5.91 Å². The third-order valence-corrected chi connectivity index (χ3v) is 4.51. The molecule has 0 radical (unpaired) electrons. The van der Waals surface area contributed by atoms with E-state index in [2.05, 4.69) is 12.2 Å². The SMILES string of the molecule is CCCCCOc1ccc(C(=O)N(C)CC(=O)Nc2cc(C)ccc2C)cc1. The van der Waals surface area contributed by atoms with Crippen molar-refractivity contribution in [3.63, 3.8) is 0 Å². The molecular formula is C23H30N2O3. The molecule has 0 aliphatic carbocycles. The first-order valence-corrected chi connectivity index (χ1v) is 9.76. The molecule has 0 fully saturated rings. The molecule has 5 heteroatoms. The number of hydrogen-bond donors (Lipinski definition) is 1. The monoisotopic (exact) mass is 382 g/mol. The van der Waals surface area contributed by atoms with E-state index in [1.165, 1.54) is 4.90 Å². The zero-order valence-corrected chi connectivity index (χ0v) is 17.2. The summed E-state index contributed by atoms with van der Waals surface area (Å²) >= 11 is 0. The number of hydrogen-bond acceptors (Lipinski definition) is 3. The first-order valence-electron chi connectivity index (χ1n) is 9.76. The first kappa shape index (κ1) is 21.5. The number of carbonyl (C=O) groups excluding carboxylic acids is 2. The number of amides is 2. The van der Waals surface area contributed by atoms with Gasteiger partial charge in [-0.25, -0.2) is 0 Å². The highest BCUT2D eigenvalue weighted by molar-refractivity contribution is 5.99. The maximum absolute atomic E-state index is 12.6. The van der Waals surface area contributed by atoms with Gasteiger partial charge < -0.3 is 15.0 Å². The second-order valence-electron chi connectivity index (χ2n) is 7.11. The normalized spacial score (nSPS) is 10.4. The minimum absolute atomic E-state index is 0.0124. The Hall–Kier alpha value is -2.82. The molecule has 5 nitrogen and oxygen atoms in total. The Morgan fingerprint density at radius 1 is 1.04 bits per heavy atom. The van der Waals surface area contributed by atoms with E-state index < -0.39 is 0 Å². The number of nitrogens with zero attached hydrogens (tertiary/aromatic N) is 1. The molecule has 2 aromatic rings. The predicted octanol–water partition coefficient (Wildman–Crippen LogP) is 4.58. The highest BCUT2D eigenvalue weighted by Crippen LogP contribution is 2.17. The number of carbonyl (C=O) groups is 2. The largest absolute Gasteiger partial charge is 0.494 e. The Morgan fingerprint density at radius 2 is 1.75 bits per heavy atom.